The minimum absolute atomic E-state index is 0.479. The van der Waals surface area contributed by atoms with Crippen LogP contribution in [0.2, 0.25) is 0 Å². The zero-order valence-electron chi connectivity index (χ0n) is 9.33. The first-order valence-corrected chi connectivity index (χ1v) is 5.26. The predicted octanol–water partition coefficient (Wildman–Crippen LogP) is 1.68. The van der Waals surface area contributed by atoms with Gasteiger partial charge in [-0.2, -0.15) is 5.10 Å². The van der Waals surface area contributed by atoms with Gasteiger partial charge in [0, 0.05) is 29.2 Å². The molecule has 0 aromatic carbocycles. The van der Waals surface area contributed by atoms with Gasteiger partial charge in [0.2, 0.25) is 0 Å². The summed E-state index contributed by atoms with van der Waals surface area (Å²) >= 11 is 0. The number of nitrogens with zero attached hydrogens (tertiary/aromatic N) is 4. The number of nitrogens with two attached hydrogens (primary N) is 1. The number of nitrogen functional groups attached to an aromatic ring is 1. The van der Waals surface area contributed by atoms with Gasteiger partial charge in [0.05, 0.1) is 0 Å². The van der Waals surface area contributed by atoms with Gasteiger partial charge in [-0.1, -0.05) is 6.07 Å². The molecule has 0 saturated heterocycles. The van der Waals surface area contributed by atoms with Crippen LogP contribution >= 0.6 is 0 Å². The van der Waals surface area contributed by atoms with E-state index in [1.54, 1.807) is 16.9 Å². The van der Waals surface area contributed by atoms with Crippen LogP contribution in [0.5, 0.6) is 0 Å². The van der Waals surface area contributed by atoms with Crippen molar-refractivity contribution in [2.75, 3.05) is 5.73 Å². The van der Waals surface area contributed by atoms with Crippen molar-refractivity contribution >= 4 is 11.3 Å². The summed E-state index contributed by atoms with van der Waals surface area (Å²) in [5.74, 6) is 0.479. The molecule has 0 bridgehead atoms. The molecule has 84 valence electrons. The third kappa shape index (κ3) is 1.44. The molecule has 0 aliphatic rings. The van der Waals surface area contributed by atoms with Crippen molar-refractivity contribution in [1.29, 1.82) is 0 Å². The minimum Gasteiger partial charge on any atom is -0.382 e. The highest BCUT2D eigenvalue weighted by Gasteiger charge is 2.12. The number of rotatable bonds is 1. The molecular weight excluding hydrogens is 214 g/mol. The minimum atomic E-state index is 0.479. The van der Waals surface area contributed by atoms with Gasteiger partial charge >= 0.3 is 0 Å². The van der Waals surface area contributed by atoms with Crippen molar-refractivity contribution in [3.05, 3.63) is 42.6 Å². The van der Waals surface area contributed by atoms with Crippen LogP contribution in [-0.4, -0.2) is 19.6 Å². The molecule has 0 spiro atoms. The van der Waals surface area contributed by atoms with Gasteiger partial charge in [-0.15, -0.1) is 0 Å². The lowest BCUT2D eigenvalue weighted by Crippen LogP contribution is -2.00. The van der Waals surface area contributed by atoms with Crippen LogP contribution in [0, 0.1) is 6.92 Å². The van der Waals surface area contributed by atoms with E-state index < -0.39 is 0 Å². The quantitative estimate of drug-likeness (QED) is 0.684. The number of pyridine rings is 1. The van der Waals surface area contributed by atoms with E-state index in [1.165, 1.54) is 6.33 Å². The number of aryl methyl sites for hydroxylation is 1. The summed E-state index contributed by atoms with van der Waals surface area (Å²) in [6, 6.07) is 5.93. The summed E-state index contributed by atoms with van der Waals surface area (Å²) in [7, 11) is 0. The Labute approximate surface area is 97.9 Å². The molecule has 2 N–H and O–H groups in total. The van der Waals surface area contributed by atoms with Crippen molar-refractivity contribution in [2.45, 2.75) is 6.92 Å². The van der Waals surface area contributed by atoms with E-state index >= 15 is 0 Å². The van der Waals surface area contributed by atoms with Crippen LogP contribution in [0.3, 0.4) is 0 Å². The lowest BCUT2D eigenvalue weighted by molar-refractivity contribution is 0.875. The highest BCUT2D eigenvalue weighted by atomic mass is 15.3. The summed E-state index contributed by atoms with van der Waals surface area (Å²) in [6.07, 6.45) is 5.01. The third-order valence-corrected chi connectivity index (χ3v) is 2.73. The number of aromatic nitrogens is 4. The second-order valence-electron chi connectivity index (χ2n) is 3.85. The molecule has 3 rings (SSSR count). The van der Waals surface area contributed by atoms with Crippen molar-refractivity contribution < 1.29 is 0 Å². The third-order valence-electron chi connectivity index (χ3n) is 2.73. The summed E-state index contributed by atoms with van der Waals surface area (Å²) in [4.78, 5) is 8.15. The van der Waals surface area contributed by atoms with Gasteiger partial charge in [-0.25, -0.2) is 9.50 Å². The Bertz CT molecular complexity index is 672. The van der Waals surface area contributed by atoms with Crippen molar-refractivity contribution in [1.82, 2.24) is 19.6 Å². The average Bonchev–Trinajstić information content (AvgIpc) is 2.70. The fourth-order valence-corrected chi connectivity index (χ4v) is 1.97. The van der Waals surface area contributed by atoms with Crippen LogP contribution in [0.1, 0.15) is 5.69 Å². The van der Waals surface area contributed by atoms with E-state index in [2.05, 4.69) is 15.1 Å². The molecule has 0 aliphatic heterocycles. The predicted molar refractivity (Wildman–Crippen MR) is 65.4 cm³/mol. The maximum Gasteiger partial charge on any atom is 0.151 e. The molecule has 0 saturated carbocycles. The van der Waals surface area contributed by atoms with Crippen molar-refractivity contribution in [3.63, 3.8) is 0 Å². The number of fused-ring (bicyclic) bond motifs is 1. The topological polar surface area (TPSA) is 69.1 Å². The van der Waals surface area contributed by atoms with Gasteiger partial charge in [-0.3, -0.25) is 4.98 Å². The first-order valence-electron chi connectivity index (χ1n) is 5.26. The molecule has 3 heterocycles. The Morgan fingerprint density at radius 1 is 1.35 bits per heavy atom. The molecule has 0 fully saturated rings. The molecule has 0 aliphatic carbocycles. The van der Waals surface area contributed by atoms with Gasteiger partial charge in [0.25, 0.3) is 0 Å². The van der Waals surface area contributed by atoms with E-state index in [1.807, 2.05) is 25.1 Å². The molecule has 0 radical (unpaired) electrons. The van der Waals surface area contributed by atoms with Crippen LogP contribution < -0.4 is 5.73 Å². The summed E-state index contributed by atoms with van der Waals surface area (Å²) in [6.45, 7) is 1.99. The van der Waals surface area contributed by atoms with Crippen LogP contribution in [0.4, 0.5) is 5.82 Å². The first kappa shape index (κ1) is 9.77. The second-order valence-corrected chi connectivity index (χ2v) is 3.85. The fourth-order valence-electron chi connectivity index (χ4n) is 1.97. The average molecular weight is 225 g/mol. The second kappa shape index (κ2) is 3.55. The van der Waals surface area contributed by atoms with Crippen LogP contribution in [0.15, 0.2) is 36.9 Å². The Morgan fingerprint density at radius 2 is 2.24 bits per heavy atom. The fraction of sp³-hybridized carbons (Fsp3) is 0.0833. The normalized spacial score (nSPS) is 10.9. The van der Waals surface area contributed by atoms with E-state index in [4.69, 9.17) is 5.73 Å². The molecule has 3 aromatic heterocycles. The zero-order chi connectivity index (χ0) is 11.8. The summed E-state index contributed by atoms with van der Waals surface area (Å²) in [5, 5.41) is 4.19. The van der Waals surface area contributed by atoms with Gasteiger partial charge in [-0.05, 0) is 19.1 Å². The molecule has 17 heavy (non-hydrogen) atoms. The SMILES string of the molecule is Cc1cc(-c2cccnc2)c2c(N)ncnn12. The smallest absolute Gasteiger partial charge is 0.151 e. The number of hydrogen-bond donors (Lipinski definition) is 1. The Balaban J connectivity index is 2.38. The Kier molecular flexibility index (Phi) is 2.04. The molecule has 0 amide bonds. The Hall–Kier alpha value is -2.43. The van der Waals surface area contributed by atoms with Gasteiger partial charge < -0.3 is 5.73 Å². The molecule has 0 atom stereocenters. The number of hydrogen-bond acceptors (Lipinski definition) is 4. The largest absolute Gasteiger partial charge is 0.382 e. The highest BCUT2D eigenvalue weighted by Crippen LogP contribution is 2.28. The van der Waals surface area contributed by atoms with Gasteiger partial charge in [0.1, 0.15) is 11.8 Å². The number of anilines is 1. The molecule has 5 nitrogen and oxygen atoms in total. The lowest BCUT2D eigenvalue weighted by atomic mass is 10.1. The van der Waals surface area contributed by atoms with Crippen LogP contribution in [-0.2, 0) is 0 Å². The maximum absolute atomic E-state index is 5.92. The lowest BCUT2D eigenvalue weighted by Gasteiger charge is -2.01. The van der Waals surface area contributed by atoms with Crippen molar-refractivity contribution in [3.8, 4) is 11.1 Å². The molecule has 5 heteroatoms. The van der Waals surface area contributed by atoms with Gasteiger partial charge in [0.15, 0.2) is 5.82 Å². The monoisotopic (exact) mass is 225 g/mol. The van der Waals surface area contributed by atoms with E-state index in [9.17, 15) is 0 Å². The Morgan fingerprint density at radius 3 is 3.00 bits per heavy atom. The zero-order valence-corrected chi connectivity index (χ0v) is 9.33. The summed E-state index contributed by atoms with van der Waals surface area (Å²) in [5.41, 5.74) is 9.79. The van der Waals surface area contributed by atoms with Crippen LogP contribution in [0.25, 0.3) is 16.6 Å². The highest BCUT2D eigenvalue weighted by molar-refractivity contribution is 5.87. The molecular formula is C12H11N5. The van der Waals surface area contributed by atoms with E-state index in [-0.39, 0.29) is 0 Å². The van der Waals surface area contributed by atoms with E-state index in [0.717, 1.165) is 22.3 Å². The van der Waals surface area contributed by atoms with E-state index in [0.29, 0.717) is 5.82 Å². The standard InChI is InChI=1S/C12H11N5/c1-8-5-10(9-3-2-4-14-6-9)11-12(13)15-7-16-17(8)11/h2-7H,1H3,(H2,13,15,16). The van der Waals surface area contributed by atoms with Crippen molar-refractivity contribution in [2.24, 2.45) is 0 Å². The summed E-state index contributed by atoms with van der Waals surface area (Å²) < 4.78 is 1.80. The molecule has 3 aromatic rings. The maximum atomic E-state index is 5.92. The molecule has 0 unspecified atom stereocenters. The first-order chi connectivity index (χ1) is 8.27.